The Morgan fingerprint density at radius 1 is 1.06 bits per heavy atom. The van der Waals surface area contributed by atoms with Gasteiger partial charge < -0.3 is 10.1 Å². The summed E-state index contributed by atoms with van der Waals surface area (Å²) in [5.74, 6) is 1.34. The normalized spacial score (nSPS) is 10.4. The van der Waals surface area contributed by atoms with Gasteiger partial charge in [0, 0.05) is 22.5 Å². The van der Waals surface area contributed by atoms with Gasteiger partial charge in [0.15, 0.2) is 0 Å². The first-order valence-electron chi connectivity index (χ1n) is 11.5. The van der Waals surface area contributed by atoms with Crippen LogP contribution in [0, 0.1) is 0 Å². The van der Waals surface area contributed by atoms with Crippen LogP contribution in [0.25, 0.3) is 5.57 Å². The molecule has 0 unspecified atom stereocenters. The number of nitrogens with zero attached hydrogens (tertiary/aromatic N) is 1. The van der Waals surface area contributed by atoms with E-state index < -0.39 is 0 Å². The minimum absolute atomic E-state index is 0.597. The first-order chi connectivity index (χ1) is 16.4. The Morgan fingerprint density at radius 2 is 1.68 bits per heavy atom. The topological polar surface area (TPSA) is 50.7 Å². The van der Waals surface area contributed by atoms with Crippen LogP contribution in [0.4, 0.5) is 0 Å². The van der Waals surface area contributed by atoms with Crippen LogP contribution in [0.3, 0.4) is 0 Å². The highest BCUT2D eigenvalue weighted by molar-refractivity contribution is 7.11. The fraction of sp³-hybridized carbons (Fsp3) is 0.357. The number of aldehydes is 1. The zero-order valence-corrected chi connectivity index (χ0v) is 24.1. The van der Waals surface area contributed by atoms with Gasteiger partial charge in [0.05, 0.1) is 12.8 Å². The van der Waals surface area contributed by atoms with Gasteiger partial charge in [-0.25, -0.2) is 4.99 Å². The fourth-order valence-corrected chi connectivity index (χ4v) is 2.93. The average molecular weight is 507 g/mol. The number of methoxy groups -OCH3 is 1. The summed E-state index contributed by atoms with van der Waals surface area (Å²) in [5, 5.41) is 5.55. The molecule has 0 aliphatic heterocycles. The third kappa shape index (κ3) is 16.9. The number of ether oxygens (including phenoxy) is 1. The number of thiophene rings is 1. The predicted molar refractivity (Wildman–Crippen MR) is 155 cm³/mol. The molecule has 0 amide bonds. The van der Waals surface area contributed by atoms with Crippen LogP contribution in [0.15, 0.2) is 77.1 Å². The van der Waals surface area contributed by atoms with Crippen molar-refractivity contribution >= 4 is 40.5 Å². The Bertz CT molecular complexity index is 870. The van der Waals surface area contributed by atoms with E-state index in [2.05, 4.69) is 35.3 Å². The summed E-state index contributed by atoms with van der Waals surface area (Å²) < 4.78 is 5.35. The van der Waals surface area contributed by atoms with E-state index in [1.54, 1.807) is 49.8 Å². The lowest BCUT2D eigenvalue weighted by Crippen LogP contribution is -2.06. The number of rotatable bonds is 7. The van der Waals surface area contributed by atoms with Crippen LogP contribution < -0.4 is 5.32 Å². The van der Waals surface area contributed by atoms with Gasteiger partial charge in [0.2, 0.25) is 0 Å². The molecule has 34 heavy (non-hydrogen) atoms. The average Bonchev–Trinajstić information content (AvgIpc) is 3.43. The van der Waals surface area contributed by atoms with Crippen molar-refractivity contribution in [3.05, 3.63) is 87.6 Å². The molecule has 0 spiro atoms. The summed E-state index contributed by atoms with van der Waals surface area (Å²) in [7, 11) is 3.43. The number of carbonyl (C=O) groups is 1. The quantitative estimate of drug-likeness (QED) is 0.176. The van der Waals surface area contributed by atoms with Crippen molar-refractivity contribution in [3.8, 4) is 0 Å². The van der Waals surface area contributed by atoms with Gasteiger partial charge in [0.25, 0.3) is 0 Å². The predicted octanol–water partition coefficient (Wildman–Crippen LogP) is 9.06. The molecule has 190 valence electrons. The molecule has 0 bridgehead atoms. The van der Waals surface area contributed by atoms with E-state index in [0.29, 0.717) is 16.4 Å². The van der Waals surface area contributed by atoms with E-state index >= 15 is 0 Å². The smallest absolute Gasteiger partial charge is 0.150 e. The molecule has 0 atom stereocenters. The molecule has 0 aliphatic carbocycles. The van der Waals surface area contributed by atoms with Gasteiger partial charge in [-0.3, -0.25) is 4.79 Å². The molecule has 6 heteroatoms. The monoisotopic (exact) mass is 506 g/mol. The SMILES string of the molecule is C=C(/N=C(C)/C(=C\C=C(/C)c1cccs1)OC)NC.CC.CC.CC.O=Cc1cccc(Cl)c1. The summed E-state index contributed by atoms with van der Waals surface area (Å²) in [4.78, 5) is 15.6. The Kier molecular flexibility index (Phi) is 26.4. The van der Waals surface area contributed by atoms with Gasteiger partial charge in [-0.1, -0.05) is 84.0 Å². The lowest BCUT2D eigenvalue weighted by Gasteiger charge is -2.06. The Labute approximate surface area is 217 Å². The van der Waals surface area contributed by atoms with Crippen LogP contribution in [-0.4, -0.2) is 26.2 Å². The lowest BCUT2D eigenvalue weighted by atomic mass is 10.2. The number of hydrogen-bond donors (Lipinski definition) is 1. The van der Waals surface area contributed by atoms with Crippen molar-refractivity contribution in [2.75, 3.05) is 14.2 Å². The maximum atomic E-state index is 10.1. The molecule has 0 radical (unpaired) electrons. The van der Waals surface area contributed by atoms with Crippen molar-refractivity contribution in [3.63, 3.8) is 0 Å². The van der Waals surface area contributed by atoms with Gasteiger partial charge in [-0.15, -0.1) is 11.3 Å². The van der Waals surface area contributed by atoms with Gasteiger partial charge >= 0.3 is 0 Å². The molecule has 1 heterocycles. The molecule has 2 aromatic rings. The molecule has 4 nitrogen and oxygen atoms in total. The van der Waals surface area contributed by atoms with Crippen LogP contribution in [0.1, 0.15) is 70.6 Å². The number of carbonyl (C=O) groups excluding carboxylic acids is 1. The molecule has 1 N–H and O–H groups in total. The second-order valence-electron chi connectivity index (χ2n) is 5.63. The minimum Gasteiger partial charge on any atom is -0.495 e. The fourth-order valence-electron chi connectivity index (χ4n) is 2.02. The number of benzene rings is 1. The molecule has 0 saturated carbocycles. The van der Waals surface area contributed by atoms with Gasteiger partial charge in [0.1, 0.15) is 17.9 Å². The van der Waals surface area contributed by atoms with Crippen molar-refractivity contribution in [1.29, 1.82) is 0 Å². The van der Waals surface area contributed by atoms with Crippen LogP contribution in [-0.2, 0) is 4.74 Å². The molecular weight excluding hydrogens is 464 g/mol. The van der Waals surface area contributed by atoms with E-state index in [-0.39, 0.29) is 0 Å². The van der Waals surface area contributed by atoms with E-state index in [1.165, 1.54) is 10.5 Å². The molecule has 1 aromatic carbocycles. The van der Waals surface area contributed by atoms with Crippen molar-refractivity contribution in [2.24, 2.45) is 4.99 Å². The molecule has 0 fully saturated rings. The summed E-state index contributed by atoms with van der Waals surface area (Å²) in [6, 6.07) is 10.9. The number of halogens is 1. The Balaban J connectivity index is -0.000000533. The third-order valence-electron chi connectivity index (χ3n) is 3.55. The number of nitrogens with one attached hydrogen (secondary N) is 1. The maximum Gasteiger partial charge on any atom is 0.150 e. The van der Waals surface area contributed by atoms with Crippen LogP contribution >= 0.6 is 22.9 Å². The second kappa shape index (κ2) is 25.0. The van der Waals surface area contributed by atoms with Crippen LogP contribution in [0.2, 0.25) is 5.02 Å². The molecule has 0 aliphatic rings. The maximum absolute atomic E-state index is 10.1. The summed E-state index contributed by atoms with van der Waals surface area (Å²) >= 11 is 7.28. The Morgan fingerprint density at radius 3 is 2.09 bits per heavy atom. The number of allylic oxidation sites excluding steroid dienone is 4. The van der Waals surface area contributed by atoms with Crippen molar-refractivity contribution in [1.82, 2.24) is 5.32 Å². The van der Waals surface area contributed by atoms with E-state index in [1.807, 2.05) is 66.7 Å². The lowest BCUT2D eigenvalue weighted by molar-refractivity contribution is 0.112. The molecule has 0 saturated heterocycles. The number of hydrogen-bond acceptors (Lipinski definition) is 5. The highest BCUT2D eigenvalue weighted by Crippen LogP contribution is 2.19. The standard InChI is InChI=1S/C15H20N2OS.C7H5ClO.3C2H6/c1-11(15-7-6-10-19-15)8-9-14(18-5)12(2)17-13(3)16-4;8-7-3-1-2-6(4-7)5-9;3*1-2/h6-10,16H,3H2,1-2,4-5H3;1-5H;3*1-2H3/b11-8+,14-9+,17-12+;;;;. The minimum atomic E-state index is 0.597. The van der Waals surface area contributed by atoms with Crippen molar-refractivity contribution < 1.29 is 9.53 Å². The van der Waals surface area contributed by atoms with E-state index in [9.17, 15) is 4.79 Å². The van der Waals surface area contributed by atoms with E-state index in [4.69, 9.17) is 16.3 Å². The van der Waals surface area contributed by atoms with E-state index in [0.717, 1.165) is 17.8 Å². The molecular formula is C28H43ClN2O2S. The largest absolute Gasteiger partial charge is 0.495 e. The van der Waals surface area contributed by atoms with Gasteiger partial charge in [-0.2, -0.15) is 0 Å². The molecule has 2 rings (SSSR count). The van der Waals surface area contributed by atoms with Crippen LogP contribution in [0.5, 0.6) is 0 Å². The summed E-state index contributed by atoms with van der Waals surface area (Å²) in [6.45, 7) is 19.7. The van der Waals surface area contributed by atoms with Crippen molar-refractivity contribution in [2.45, 2.75) is 55.4 Å². The second-order valence-corrected chi connectivity index (χ2v) is 7.01. The summed E-state index contributed by atoms with van der Waals surface area (Å²) in [5.41, 5.74) is 2.60. The Hall–Kier alpha value is -2.63. The molecule has 1 aromatic heterocycles. The first kappa shape index (κ1) is 35.9. The highest BCUT2D eigenvalue weighted by atomic mass is 35.5. The number of aliphatic imine (C=N–C) groups is 1. The summed E-state index contributed by atoms with van der Waals surface area (Å²) in [6.07, 6.45) is 4.73. The zero-order valence-electron chi connectivity index (χ0n) is 22.5. The van der Waals surface area contributed by atoms with Gasteiger partial charge in [-0.05, 0) is 49.1 Å². The first-order valence-corrected chi connectivity index (χ1v) is 12.8. The zero-order chi connectivity index (χ0) is 26.9. The third-order valence-corrected chi connectivity index (χ3v) is 4.79. The highest BCUT2D eigenvalue weighted by Gasteiger charge is 2.01.